The van der Waals surface area contributed by atoms with E-state index >= 15 is 0 Å². The predicted octanol–water partition coefficient (Wildman–Crippen LogP) is 12.4. The molecule has 0 radical (unpaired) electrons. The average molecular weight is 1260 g/mol. The van der Waals surface area contributed by atoms with Crippen molar-refractivity contribution in [3.63, 3.8) is 0 Å². The van der Waals surface area contributed by atoms with Crippen molar-refractivity contribution >= 4 is 72.8 Å². The highest BCUT2D eigenvalue weighted by atomic mass is 35.5. The Labute approximate surface area is 494 Å². The maximum atomic E-state index is 12.9. The first kappa shape index (κ1) is 66.7. The van der Waals surface area contributed by atoms with Gasteiger partial charge in [0.05, 0.1) is 58.9 Å². The molecule has 6 heterocycles. The number of piperazine rings is 2. The van der Waals surface area contributed by atoms with Gasteiger partial charge < -0.3 is 24.0 Å². The zero-order valence-electron chi connectivity index (χ0n) is 46.9. The van der Waals surface area contributed by atoms with Crippen molar-refractivity contribution in [2.45, 2.75) is 82.8 Å². The number of rotatable bonds is 8. The maximum absolute atomic E-state index is 12.9. The lowest BCUT2D eigenvalue weighted by Gasteiger charge is -2.40. The number of benzene rings is 4. The number of alkyl halides is 12. The average Bonchev–Trinajstić information content (AvgIpc) is 1.86. The molecule has 472 valence electrons. The van der Waals surface area contributed by atoms with Crippen LogP contribution in [0.2, 0.25) is 0 Å². The number of aromatic nitrogens is 8. The van der Waals surface area contributed by atoms with E-state index in [1.807, 2.05) is 117 Å². The summed E-state index contributed by atoms with van der Waals surface area (Å²) in [4.78, 5) is 41.7. The van der Waals surface area contributed by atoms with Crippen molar-refractivity contribution in [3.8, 4) is 0 Å². The molecule has 0 spiro atoms. The molecule has 8 aromatic rings. The van der Waals surface area contributed by atoms with Crippen molar-refractivity contribution < 1.29 is 81.3 Å². The summed E-state index contributed by atoms with van der Waals surface area (Å²) in [7, 11) is 7.59. The smallest absolute Gasteiger partial charge is 0.434 e. The van der Waals surface area contributed by atoms with Gasteiger partial charge in [-0.3, -0.25) is 28.5 Å². The highest BCUT2D eigenvalue weighted by molar-refractivity contribution is 6.61. The summed E-state index contributed by atoms with van der Waals surface area (Å²) in [5.74, 6) is 0. The molecule has 2 fully saturated rings. The van der Waals surface area contributed by atoms with Crippen LogP contribution in [0.1, 0.15) is 62.5 Å². The van der Waals surface area contributed by atoms with Crippen LogP contribution in [-0.4, -0.2) is 171 Å². The minimum Gasteiger partial charge on any atom is -0.444 e. The monoisotopic (exact) mass is 1260 g/mol. The SMILES string of the molecule is C.Cn1ncc2cc(C(c3ccc4c(cnn4C)c3)N3CCN(C(=O)OC(C(F)(F)F)C(F)(F)F)CC3)ccc21.Cn1ncc2cc(C(c3ccc4c(cnn4C)c3)N3CCN(C(=O)OC(C)(C)C)CC3)ccc21.O=C(Cl)OC(C(F)(F)F)C(F)(F)F. The fourth-order valence-corrected chi connectivity index (χ4v) is 10.3. The van der Waals surface area contributed by atoms with Gasteiger partial charge in [-0.1, -0.05) is 31.7 Å². The van der Waals surface area contributed by atoms with Crippen LogP contribution >= 0.6 is 11.6 Å². The number of ether oxygens (including phenoxy) is 3. The van der Waals surface area contributed by atoms with Crippen molar-refractivity contribution in [2.75, 3.05) is 52.4 Å². The van der Waals surface area contributed by atoms with Crippen LogP contribution in [-0.2, 0) is 42.4 Å². The Morgan fingerprint density at radius 1 is 0.437 bits per heavy atom. The Hall–Kier alpha value is -7.86. The van der Waals surface area contributed by atoms with Crippen LogP contribution in [0.4, 0.5) is 67.1 Å². The molecular formula is C56H61ClF12N12O6. The zero-order chi connectivity index (χ0) is 63.0. The van der Waals surface area contributed by atoms with Gasteiger partial charge in [-0.25, -0.2) is 14.4 Å². The number of nitrogens with zero attached hydrogens (tertiary/aromatic N) is 12. The molecule has 0 unspecified atom stereocenters. The van der Waals surface area contributed by atoms with Crippen LogP contribution in [0.25, 0.3) is 43.6 Å². The number of hydrogen-bond donors (Lipinski definition) is 0. The van der Waals surface area contributed by atoms with Gasteiger partial charge in [0.25, 0.3) is 12.2 Å². The molecule has 10 rings (SSSR count). The van der Waals surface area contributed by atoms with E-state index in [0.29, 0.717) is 13.1 Å². The van der Waals surface area contributed by atoms with Crippen molar-refractivity contribution in [1.82, 2.24) is 58.7 Å². The molecule has 2 aliphatic rings. The second kappa shape index (κ2) is 25.8. The summed E-state index contributed by atoms with van der Waals surface area (Å²) in [5, 5.41) is 21.5. The standard InChI is InChI=1S/C26H32N6O2.C25H24F6N6O2.C4HClF6O2.CH4/c1-26(2,3)34-25(33)32-12-10-31(11-13-32)24(18-6-8-22-20(14-18)16-27-29(22)4)19-7-9-23-21(15-19)17-28-30(23)5;1-34-19-5-3-15(11-17(19)13-32-34)21(16-4-6-20-18(12-16)14-33-35(20)2)36-7-9-37(10-8-36)23(38)39-22(24(26,27)28)25(29,30)31;5-2(12)13-1(3(6,7)8)4(9,10)11;/h6-9,14-17,24H,10-13H2,1-5H3;3-6,11-14,21-22H,7-10H2,1-2H3;1H;1H4. The molecule has 4 aromatic carbocycles. The highest BCUT2D eigenvalue weighted by Gasteiger charge is 2.61. The van der Waals surface area contributed by atoms with E-state index in [0.717, 1.165) is 72.7 Å². The van der Waals surface area contributed by atoms with Crippen molar-refractivity contribution in [1.29, 1.82) is 0 Å². The number of carbonyl (C=O) groups is 3. The fraction of sp³-hybridized carbons (Fsp3) is 0.446. The molecule has 2 amide bonds. The van der Waals surface area contributed by atoms with Gasteiger partial charge in [0.2, 0.25) is 0 Å². The van der Waals surface area contributed by atoms with Crippen LogP contribution in [0.15, 0.2) is 97.6 Å². The quantitative estimate of drug-likeness (QED) is 0.0805. The number of amides is 2. The number of hydrogen-bond acceptors (Lipinski definition) is 12. The van der Waals surface area contributed by atoms with Gasteiger partial charge in [0, 0.05) is 114 Å². The summed E-state index contributed by atoms with van der Waals surface area (Å²) in [6.07, 6.45) is -25.9. The molecule has 2 aliphatic heterocycles. The van der Waals surface area contributed by atoms with Gasteiger partial charge in [-0.2, -0.15) is 73.1 Å². The third-order valence-electron chi connectivity index (χ3n) is 14.2. The van der Waals surface area contributed by atoms with Crippen LogP contribution in [0.3, 0.4) is 0 Å². The van der Waals surface area contributed by atoms with Gasteiger partial charge in [-0.15, -0.1) is 0 Å². The van der Waals surface area contributed by atoms with Crippen LogP contribution in [0, 0.1) is 0 Å². The molecule has 4 aromatic heterocycles. The van der Waals surface area contributed by atoms with Gasteiger partial charge in [0.1, 0.15) is 5.60 Å². The highest BCUT2D eigenvalue weighted by Crippen LogP contribution is 2.39. The van der Waals surface area contributed by atoms with Crippen molar-refractivity contribution in [2.24, 2.45) is 28.2 Å². The topological polar surface area (TPSA) is 163 Å². The van der Waals surface area contributed by atoms with Crippen molar-refractivity contribution in [3.05, 3.63) is 120 Å². The lowest BCUT2D eigenvalue weighted by atomic mass is 9.94. The minimum absolute atomic E-state index is 0. The van der Waals surface area contributed by atoms with Gasteiger partial charge in [0.15, 0.2) is 0 Å². The van der Waals surface area contributed by atoms with E-state index in [1.54, 1.807) is 21.8 Å². The van der Waals surface area contributed by atoms with Gasteiger partial charge >= 0.3 is 42.3 Å². The normalized spacial score (nSPS) is 15.1. The molecular weight excluding hydrogens is 1200 g/mol. The zero-order valence-corrected chi connectivity index (χ0v) is 47.7. The first-order valence-corrected chi connectivity index (χ1v) is 26.7. The first-order valence-electron chi connectivity index (χ1n) is 26.3. The number of carbonyl (C=O) groups excluding carboxylic acids is 3. The molecule has 0 aliphatic carbocycles. The first-order chi connectivity index (χ1) is 40.1. The lowest BCUT2D eigenvalue weighted by molar-refractivity contribution is -0.308. The van der Waals surface area contributed by atoms with E-state index in [-0.39, 0.29) is 51.8 Å². The second-order valence-electron chi connectivity index (χ2n) is 21.3. The third kappa shape index (κ3) is 15.8. The van der Waals surface area contributed by atoms with E-state index in [2.05, 4.69) is 82.8 Å². The Kier molecular flexibility index (Phi) is 19.8. The summed E-state index contributed by atoms with van der Waals surface area (Å²) in [5.41, 5.74) is 5.69. The fourth-order valence-electron chi connectivity index (χ4n) is 10.2. The summed E-state index contributed by atoms with van der Waals surface area (Å²) < 4.78 is 166. The molecule has 31 heteroatoms. The maximum Gasteiger partial charge on any atom is 0.434 e. The Balaban J connectivity index is 0.000000206. The predicted molar refractivity (Wildman–Crippen MR) is 296 cm³/mol. The molecule has 0 saturated carbocycles. The Morgan fingerprint density at radius 3 is 0.943 bits per heavy atom. The van der Waals surface area contributed by atoms with E-state index in [9.17, 15) is 67.1 Å². The summed E-state index contributed by atoms with van der Waals surface area (Å²) >= 11 is 4.22. The molecule has 0 atom stereocenters. The number of aryl methyl sites for hydroxylation is 4. The Morgan fingerprint density at radius 2 is 0.701 bits per heavy atom. The molecule has 87 heavy (non-hydrogen) atoms. The minimum atomic E-state index is -5.77. The summed E-state index contributed by atoms with van der Waals surface area (Å²) in [6, 6.07) is 24.7. The van der Waals surface area contributed by atoms with Gasteiger partial charge in [-0.05, 0) is 91.6 Å². The van der Waals surface area contributed by atoms with E-state index in [1.165, 1.54) is 11.1 Å². The van der Waals surface area contributed by atoms with E-state index < -0.39 is 54.0 Å². The van der Waals surface area contributed by atoms with Crippen LogP contribution in [0.5, 0.6) is 0 Å². The molecule has 18 nitrogen and oxygen atoms in total. The third-order valence-corrected chi connectivity index (χ3v) is 14.3. The number of halogens is 13. The lowest BCUT2D eigenvalue weighted by Crippen LogP contribution is -2.53. The molecule has 2 saturated heterocycles. The van der Waals surface area contributed by atoms with E-state index in [4.69, 9.17) is 4.74 Å². The molecule has 0 bridgehead atoms. The van der Waals surface area contributed by atoms with Crippen LogP contribution < -0.4 is 0 Å². The Bertz CT molecular complexity index is 3520. The summed E-state index contributed by atoms with van der Waals surface area (Å²) in [6.45, 7) is 8.67. The largest absolute Gasteiger partial charge is 0.444 e. The molecule has 0 N–H and O–H groups in total. The number of fused-ring (bicyclic) bond motifs is 4. The second-order valence-corrected chi connectivity index (χ2v) is 21.7.